The topological polar surface area (TPSA) is 77.0 Å². The van der Waals surface area contributed by atoms with Gasteiger partial charge in [-0.2, -0.15) is 0 Å². The Balaban J connectivity index is 1.27. The van der Waals surface area contributed by atoms with E-state index in [4.69, 9.17) is 19.7 Å². The lowest BCUT2D eigenvalue weighted by Crippen LogP contribution is -2.32. The maximum atomic E-state index is 13.2. The molecule has 0 fully saturated rings. The molecule has 1 amide bonds. The van der Waals surface area contributed by atoms with Crippen molar-refractivity contribution in [3.63, 3.8) is 0 Å². The van der Waals surface area contributed by atoms with Gasteiger partial charge in [0.15, 0.2) is 0 Å². The van der Waals surface area contributed by atoms with Gasteiger partial charge in [-0.15, -0.1) is 11.3 Å². The summed E-state index contributed by atoms with van der Waals surface area (Å²) in [5, 5.41) is 5.07. The van der Waals surface area contributed by atoms with Crippen LogP contribution in [0.3, 0.4) is 0 Å². The first-order chi connectivity index (χ1) is 18.4. The minimum Gasteiger partial charge on any atom is -0.370 e. The van der Waals surface area contributed by atoms with Gasteiger partial charge in [0.25, 0.3) is 0 Å². The monoisotopic (exact) mass is 540 g/mol. The molecule has 1 N–H and O–H groups in total. The van der Waals surface area contributed by atoms with E-state index in [9.17, 15) is 4.79 Å². The summed E-state index contributed by atoms with van der Waals surface area (Å²) in [6, 6.07) is 22.0. The molecule has 0 spiro atoms. The Kier molecular flexibility index (Phi) is 6.63. The summed E-state index contributed by atoms with van der Waals surface area (Å²) in [5.41, 5.74) is 4.98. The summed E-state index contributed by atoms with van der Waals surface area (Å²) in [5.74, 6) is 0.884. The third-order valence-electron chi connectivity index (χ3n) is 6.68. The maximum absolute atomic E-state index is 13.2. The van der Waals surface area contributed by atoms with Gasteiger partial charge in [-0.25, -0.2) is 15.0 Å². The fourth-order valence-electron chi connectivity index (χ4n) is 4.82. The second kappa shape index (κ2) is 10.1. The Bertz CT molecular complexity index is 1600. The molecule has 6 nitrogen and oxygen atoms in total. The summed E-state index contributed by atoms with van der Waals surface area (Å²) in [6.45, 7) is 6.65. The minimum atomic E-state index is -0.219. The first kappa shape index (κ1) is 25.0. The maximum Gasteiger partial charge on any atom is 0.231 e. The number of aromatic nitrogens is 3. The summed E-state index contributed by atoms with van der Waals surface area (Å²) >= 11 is 3.05. The van der Waals surface area contributed by atoms with E-state index in [0.29, 0.717) is 12.4 Å². The van der Waals surface area contributed by atoms with Gasteiger partial charge in [0.1, 0.15) is 15.7 Å². The minimum absolute atomic E-state index is 0.0498. The lowest BCUT2D eigenvalue weighted by molar-refractivity contribution is -0.119. The second-order valence-corrected chi connectivity index (χ2v) is 12.1. The first-order valence-electron chi connectivity index (χ1n) is 12.6. The van der Waals surface area contributed by atoms with Crippen LogP contribution in [0.25, 0.3) is 20.4 Å². The van der Waals surface area contributed by atoms with E-state index in [0.717, 1.165) is 54.3 Å². The number of nitrogens with zero attached hydrogens (tertiary/aromatic N) is 3. The lowest BCUT2D eigenvalue weighted by atomic mass is 9.95. The van der Waals surface area contributed by atoms with Crippen molar-refractivity contribution in [1.29, 1.82) is 0 Å². The zero-order chi connectivity index (χ0) is 26.3. The largest absolute Gasteiger partial charge is 0.370 e. The molecule has 0 aliphatic carbocycles. The summed E-state index contributed by atoms with van der Waals surface area (Å²) in [7, 11) is 0. The highest BCUT2D eigenvalue weighted by atomic mass is 32.2. The van der Waals surface area contributed by atoms with Crippen LogP contribution in [-0.4, -0.2) is 32.2 Å². The van der Waals surface area contributed by atoms with Crippen LogP contribution in [0, 0.1) is 6.92 Å². The van der Waals surface area contributed by atoms with Gasteiger partial charge in [0.2, 0.25) is 5.91 Å². The van der Waals surface area contributed by atoms with E-state index in [1.807, 2.05) is 67.6 Å². The van der Waals surface area contributed by atoms with Gasteiger partial charge in [-0.05, 0) is 38.0 Å². The van der Waals surface area contributed by atoms with Gasteiger partial charge in [0.05, 0.1) is 39.9 Å². The van der Waals surface area contributed by atoms with Gasteiger partial charge in [0, 0.05) is 17.4 Å². The molecule has 4 heterocycles. The number of hydrogen-bond donors (Lipinski definition) is 1. The molecule has 6 rings (SSSR count). The number of fused-ring (bicyclic) bond motifs is 4. The number of carbonyl (C=O) groups is 1. The molecule has 0 atom stereocenters. The van der Waals surface area contributed by atoms with Crippen molar-refractivity contribution >= 4 is 49.4 Å². The molecule has 0 unspecified atom stereocenters. The Morgan fingerprint density at radius 2 is 1.74 bits per heavy atom. The number of rotatable bonds is 6. The average molecular weight is 541 g/mol. The summed E-state index contributed by atoms with van der Waals surface area (Å²) in [4.78, 5) is 28.6. The van der Waals surface area contributed by atoms with Crippen molar-refractivity contribution in [1.82, 2.24) is 20.3 Å². The third-order valence-corrected chi connectivity index (χ3v) is 8.88. The predicted molar refractivity (Wildman–Crippen MR) is 154 cm³/mol. The smallest absolute Gasteiger partial charge is 0.231 e. The molecule has 3 aromatic heterocycles. The van der Waals surface area contributed by atoms with E-state index in [2.05, 4.69) is 25.2 Å². The number of hydrogen-bond acceptors (Lipinski definition) is 7. The second-order valence-electron chi connectivity index (χ2n) is 10.1. The molecule has 2 aromatic carbocycles. The molecule has 38 heavy (non-hydrogen) atoms. The van der Waals surface area contributed by atoms with Crippen molar-refractivity contribution in [2.24, 2.45) is 0 Å². The van der Waals surface area contributed by atoms with E-state index in [-0.39, 0.29) is 23.3 Å². The molecule has 0 bridgehead atoms. The van der Waals surface area contributed by atoms with Crippen molar-refractivity contribution in [2.75, 3.05) is 5.75 Å². The van der Waals surface area contributed by atoms with Crippen LogP contribution in [0.2, 0.25) is 0 Å². The predicted octanol–water partition coefficient (Wildman–Crippen LogP) is 6.40. The molecule has 1 aliphatic heterocycles. The number of carbonyl (C=O) groups excluding carboxylic acids is 1. The molecular formula is C30H28N4O2S2. The number of benzene rings is 2. The van der Waals surface area contributed by atoms with Crippen LogP contribution in [0.4, 0.5) is 0 Å². The first-order valence-corrected chi connectivity index (χ1v) is 14.4. The number of aryl methyl sites for hydroxylation is 1. The SMILES string of the molecule is Cc1nc(SCC(=O)NC(c2ccccc2)c2ccccc2)c2sc3nc4c(cc3c2n1)COC(C)(C)C4. The highest BCUT2D eigenvalue weighted by Crippen LogP contribution is 2.39. The number of pyridine rings is 1. The lowest BCUT2D eigenvalue weighted by Gasteiger charge is -2.30. The normalized spacial score (nSPS) is 14.6. The Morgan fingerprint density at radius 1 is 1.05 bits per heavy atom. The highest BCUT2D eigenvalue weighted by molar-refractivity contribution is 8.00. The van der Waals surface area contributed by atoms with Gasteiger partial charge in [-0.3, -0.25) is 4.79 Å². The standard InChI is InChI=1S/C30H28N4O2S2/c1-18-31-26-22-14-21-16-36-30(2,3)15-23(21)33-28(22)38-27(26)29(32-18)37-17-24(35)34-25(19-10-6-4-7-11-19)20-12-8-5-9-13-20/h4-14,25H,15-17H2,1-3H3,(H,34,35). The van der Waals surface area contributed by atoms with E-state index >= 15 is 0 Å². The van der Waals surface area contributed by atoms with Crippen molar-refractivity contribution < 1.29 is 9.53 Å². The van der Waals surface area contributed by atoms with Crippen LogP contribution in [-0.2, 0) is 22.6 Å². The average Bonchev–Trinajstić information content (AvgIpc) is 3.26. The highest BCUT2D eigenvalue weighted by Gasteiger charge is 2.28. The van der Waals surface area contributed by atoms with Crippen LogP contribution in [0.5, 0.6) is 0 Å². The molecule has 192 valence electrons. The van der Waals surface area contributed by atoms with Gasteiger partial charge < -0.3 is 10.1 Å². The van der Waals surface area contributed by atoms with Crippen molar-refractivity contribution in [2.45, 2.75) is 50.5 Å². The van der Waals surface area contributed by atoms with Gasteiger partial charge in [-0.1, -0.05) is 72.4 Å². The van der Waals surface area contributed by atoms with Crippen LogP contribution >= 0.6 is 23.1 Å². The molecule has 1 aliphatic rings. The zero-order valence-corrected chi connectivity index (χ0v) is 23.2. The number of ether oxygens (including phenoxy) is 1. The quantitative estimate of drug-likeness (QED) is 0.198. The number of thiophene rings is 1. The van der Waals surface area contributed by atoms with Gasteiger partial charge >= 0.3 is 0 Å². The van der Waals surface area contributed by atoms with E-state index in [1.54, 1.807) is 11.3 Å². The molecule has 5 aromatic rings. The Morgan fingerprint density at radius 3 is 2.42 bits per heavy atom. The van der Waals surface area contributed by atoms with Crippen LogP contribution in [0.1, 0.15) is 48.1 Å². The fraction of sp³-hybridized carbons (Fsp3) is 0.267. The Hall–Kier alpha value is -3.33. The van der Waals surface area contributed by atoms with Crippen molar-refractivity contribution in [3.8, 4) is 0 Å². The van der Waals surface area contributed by atoms with E-state index in [1.165, 1.54) is 11.8 Å². The molecular weight excluding hydrogens is 512 g/mol. The van der Waals surface area contributed by atoms with Crippen LogP contribution in [0.15, 0.2) is 71.8 Å². The number of amides is 1. The van der Waals surface area contributed by atoms with E-state index < -0.39 is 0 Å². The molecule has 8 heteroatoms. The number of nitrogens with one attached hydrogen (secondary N) is 1. The third kappa shape index (κ3) is 5.04. The molecule has 0 saturated heterocycles. The number of thioether (sulfide) groups is 1. The van der Waals surface area contributed by atoms with Crippen molar-refractivity contribution in [3.05, 3.63) is 94.9 Å². The zero-order valence-electron chi connectivity index (χ0n) is 21.5. The summed E-state index contributed by atoms with van der Waals surface area (Å²) < 4.78 is 6.99. The fourth-order valence-corrected chi connectivity index (χ4v) is 6.90. The van der Waals surface area contributed by atoms with Crippen LogP contribution < -0.4 is 5.32 Å². The molecule has 0 saturated carbocycles. The summed E-state index contributed by atoms with van der Waals surface area (Å²) in [6.07, 6.45) is 0.781. The Labute approximate surface area is 229 Å². The molecule has 0 radical (unpaired) electrons.